The Morgan fingerprint density at radius 3 is 2.04 bits per heavy atom. The Morgan fingerprint density at radius 2 is 1.54 bits per heavy atom. The van der Waals surface area contributed by atoms with Crippen molar-refractivity contribution in [1.29, 1.82) is 0 Å². The Morgan fingerprint density at radius 1 is 1.00 bits per heavy atom. The maximum atomic E-state index is 12.4. The first-order chi connectivity index (χ1) is 11.2. The molecule has 0 spiro atoms. The first kappa shape index (κ1) is 20.0. The third-order valence-corrected chi connectivity index (χ3v) is 3.02. The van der Waals surface area contributed by atoms with Crippen molar-refractivity contribution in [2.75, 3.05) is 6.61 Å². The van der Waals surface area contributed by atoms with Crippen LogP contribution in [0.4, 0.5) is 13.2 Å². The molecule has 0 aliphatic rings. The lowest BCUT2D eigenvalue weighted by Crippen LogP contribution is -2.11. The third-order valence-electron chi connectivity index (χ3n) is 3.02. The minimum atomic E-state index is -4.39. The fourth-order valence-corrected chi connectivity index (χ4v) is 1.73. The van der Waals surface area contributed by atoms with Crippen LogP contribution in [-0.4, -0.2) is 18.5 Å². The molecule has 1 rings (SSSR count). The predicted octanol–water partition coefficient (Wildman–Crippen LogP) is 4.12. The van der Waals surface area contributed by atoms with Crippen molar-refractivity contribution in [1.82, 2.24) is 0 Å². The summed E-state index contributed by atoms with van der Waals surface area (Å²) in [7, 11) is 0. The highest BCUT2D eigenvalue weighted by Crippen LogP contribution is 2.29. The number of rotatable bonds is 8. The van der Waals surface area contributed by atoms with E-state index in [1.807, 2.05) is 13.8 Å². The van der Waals surface area contributed by atoms with Gasteiger partial charge in [0.25, 0.3) is 0 Å². The van der Waals surface area contributed by atoms with Crippen LogP contribution in [0.5, 0.6) is 0 Å². The Balaban J connectivity index is 2.25. The molecule has 4 nitrogen and oxygen atoms in total. The molecule has 0 amide bonds. The zero-order valence-corrected chi connectivity index (χ0v) is 13.7. The van der Waals surface area contributed by atoms with Crippen LogP contribution >= 0.6 is 0 Å². The zero-order chi connectivity index (χ0) is 18.2. The molecule has 0 saturated heterocycles. The number of carbonyl (C=O) groups excluding carboxylic acids is 2. The van der Waals surface area contributed by atoms with Gasteiger partial charge in [0.15, 0.2) is 0 Å². The quantitative estimate of drug-likeness (QED) is 0.665. The normalized spacial score (nSPS) is 11.4. The molecule has 0 aromatic heterocycles. The van der Waals surface area contributed by atoms with E-state index < -0.39 is 17.7 Å². The van der Waals surface area contributed by atoms with Gasteiger partial charge >= 0.3 is 18.1 Å². The summed E-state index contributed by atoms with van der Waals surface area (Å²) < 4.78 is 47.2. The molecule has 0 fully saturated rings. The summed E-state index contributed by atoms with van der Waals surface area (Å²) in [4.78, 5) is 22.9. The fourth-order valence-electron chi connectivity index (χ4n) is 1.73. The predicted molar refractivity (Wildman–Crippen MR) is 80.9 cm³/mol. The Kier molecular flexibility index (Phi) is 7.74. The average Bonchev–Trinajstić information content (AvgIpc) is 2.50. The summed E-state index contributed by atoms with van der Waals surface area (Å²) in [6.45, 7) is 4.09. The van der Waals surface area contributed by atoms with E-state index >= 15 is 0 Å². The van der Waals surface area contributed by atoms with Crippen molar-refractivity contribution >= 4 is 11.9 Å². The summed E-state index contributed by atoms with van der Waals surface area (Å²) >= 11 is 0. The van der Waals surface area contributed by atoms with Gasteiger partial charge in [-0.05, 0) is 30.0 Å². The van der Waals surface area contributed by atoms with Crippen molar-refractivity contribution < 1.29 is 32.2 Å². The largest absolute Gasteiger partial charge is 0.465 e. The van der Waals surface area contributed by atoms with Gasteiger partial charge in [0, 0.05) is 12.8 Å². The van der Waals surface area contributed by atoms with E-state index in [0.717, 1.165) is 12.1 Å². The lowest BCUT2D eigenvalue weighted by molar-refractivity contribution is -0.147. The molecule has 0 radical (unpaired) electrons. The van der Waals surface area contributed by atoms with E-state index in [0.29, 0.717) is 18.6 Å². The third kappa shape index (κ3) is 7.99. The molecule has 0 aliphatic carbocycles. The Bertz CT molecular complexity index is 536. The molecule has 24 heavy (non-hydrogen) atoms. The van der Waals surface area contributed by atoms with Crippen LogP contribution in [0.25, 0.3) is 0 Å². The van der Waals surface area contributed by atoms with Crippen LogP contribution < -0.4 is 0 Å². The number of alkyl halides is 3. The molecular weight excluding hydrogens is 325 g/mol. The highest BCUT2D eigenvalue weighted by atomic mass is 19.4. The summed E-state index contributed by atoms with van der Waals surface area (Å²) in [6.07, 6.45) is -3.90. The van der Waals surface area contributed by atoms with Gasteiger partial charge in [-0.2, -0.15) is 13.2 Å². The van der Waals surface area contributed by atoms with Gasteiger partial charge in [-0.3, -0.25) is 9.59 Å². The molecule has 0 N–H and O–H groups in total. The van der Waals surface area contributed by atoms with Crippen molar-refractivity contribution in [3.05, 3.63) is 35.4 Å². The summed E-state index contributed by atoms with van der Waals surface area (Å²) in [5.41, 5.74) is -0.287. The lowest BCUT2D eigenvalue weighted by atomic mass is 10.1. The zero-order valence-electron chi connectivity index (χ0n) is 13.7. The van der Waals surface area contributed by atoms with Crippen molar-refractivity contribution in [3.63, 3.8) is 0 Å². The second-order valence-electron chi connectivity index (χ2n) is 5.79. The van der Waals surface area contributed by atoms with Crippen LogP contribution in [0.15, 0.2) is 24.3 Å². The molecule has 0 unspecified atom stereocenters. The molecule has 1 aromatic carbocycles. The van der Waals surface area contributed by atoms with E-state index in [9.17, 15) is 22.8 Å². The molecule has 7 heteroatoms. The minimum Gasteiger partial charge on any atom is -0.465 e. The number of benzene rings is 1. The minimum absolute atomic E-state index is 0.0530. The number of halogens is 3. The molecule has 0 aliphatic heterocycles. The van der Waals surface area contributed by atoms with Gasteiger partial charge in [-0.1, -0.05) is 26.0 Å². The number of carbonyl (C=O) groups is 2. The Hall–Kier alpha value is -2.05. The van der Waals surface area contributed by atoms with Gasteiger partial charge in [0.1, 0.15) is 6.61 Å². The molecule has 0 saturated carbocycles. The topological polar surface area (TPSA) is 52.6 Å². The standard InChI is InChI=1S/C17H21F3O4/c1-12(2)10-23-15(21)4-3-5-16(22)24-11-13-6-8-14(9-7-13)17(18,19)20/h6-9,12H,3-5,10-11H2,1-2H3. The fraction of sp³-hybridized carbons (Fsp3) is 0.529. The van der Waals surface area contributed by atoms with Gasteiger partial charge in [-0.15, -0.1) is 0 Å². The first-order valence-corrected chi connectivity index (χ1v) is 7.66. The smallest absolute Gasteiger partial charge is 0.416 e. The molecule has 134 valence electrons. The van der Waals surface area contributed by atoms with Crippen LogP contribution in [0.1, 0.15) is 44.2 Å². The summed E-state index contributed by atoms with van der Waals surface area (Å²) in [5, 5.41) is 0. The summed E-state index contributed by atoms with van der Waals surface area (Å²) in [6, 6.07) is 4.40. The average molecular weight is 346 g/mol. The molecule has 0 heterocycles. The highest BCUT2D eigenvalue weighted by Gasteiger charge is 2.29. The first-order valence-electron chi connectivity index (χ1n) is 7.66. The van der Waals surface area contributed by atoms with Gasteiger partial charge in [0.2, 0.25) is 0 Å². The number of hydrogen-bond acceptors (Lipinski definition) is 4. The van der Waals surface area contributed by atoms with Gasteiger partial charge in [-0.25, -0.2) is 0 Å². The van der Waals surface area contributed by atoms with Crippen LogP contribution in [-0.2, 0) is 31.8 Å². The van der Waals surface area contributed by atoms with Crippen LogP contribution in [0, 0.1) is 5.92 Å². The second-order valence-corrected chi connectivity index (χ2v) is 5.79. The monoisotopic (exact) mass is 346 g/mol. The van der Waals surface area contributed by atoms with Gasteiger partial charge in [0.05, 0.1) is 12.2 Å². The molecule has 0 bridgehead atoms. The van der Waals surface area contributed by atoms with E-state index in [-0.39, 0.29) is 31.3 Å². The second kappa shape index (κ2) is 9.30. The van der Waals surface area contributed by atoms with Crippen molar-refractivity contribution in [2.24, 2.45) is 5.92 Å². The van der Waals surface area contributed by atoms with Gasteiger partial charge < -0.3 is 9.47 Å². The number of esters is 2. The molecule has 0 atom stereocenters. The van der Waals surface area contributed by atoms with E-state index in [2.05, 4.69) is 0 Å². The van der Waals surface area contributed by atoms with E-state index in [4.69, 9.17) is 9.47 Å². The van der Waals surface area contributed by atoms with E-state index in [1.54, 1.807) is 0 Å². The van der Waals surface area contributed by atoms with Crippen molar-refractivity contribution in [2.45, 2.75) is 45.9 Å². The van der Waals surface area contributed by atoms with Crippen LogP contribution in [0.2, 0.25) is 0 Å². The Labute approximate surface area is 138 Å². The number of ether oxygens (including phenoxy) is 2. The maximum absolute atomic E-state index is 12.4. The van der Waals surface area contributed by atoms with Crippen molar-refractivity contribution in [3.8, 4) is 0 Å². The van der Waals surface area contributed by atoms with Crippen LogP contribution in [0.3, 0.4) is 0 Å². The maximum Gasteiger partial charge on any atom is 0.416 e. The highest BCUT2D eigenvalue weighted by molar-refractivity contribution is 5.72. The lowest BCUT2D eigenvalue weighted by Gasteiger charge is -2.09. The SMILES string of the molecule is CC(C)COC(=O)CCCC(=O)OCc1ccc(C(F)(F)F)cc1. The molecule has 1 aromatic rings. The number of hydrogen-bond donors (Lipinski definition) is 0. The summed E-state index contributed by atoms with van der Waals surface area (Å²) in [5.74, 6) is -0.617. The molecular formula is C17H21F3O4. The van der Waals surface area contributed by atoms with E-state index in [1.165, 1.54) is 12.1 Å².